The van der Waals surface area contributed by atoms with E-state index in [2.05, 4.69) is 4.99 Å². The summed E-state index contributed by atoms with van der Waals surface area (Å²) in [6.07, 6.45) is 1.31. The molecule has 0 aliphatic rings. The van der Waals surface area contributed by atoms with Gasteiger partial charge in [0.1, 0.15) is 11.5 Å². The molecule has 0 heterocycles. The van der Waals surface area contributed by atoms with Crippen molar-refractivity contribution in [1.82, 2.24) is 0 Å². The first kappa shape index (κ1) is 12.0. The highest BCUT2D eigenvalue weighted by molar-refractivity contribution is 6.12. The van der Waals surface area contributed by atoms with Crippen LogP contribution in [-0.4, -0.2) is 22.2 Å². The van der Waals surface area contributed by atoms with Crippen molar-refractivity contribution < 1.29 is 15.0 Å². The monoisotopic (exact) mass is 219 g/mol. The molecule has 0 aliphatic heterocycles. The number of phenols is 1. The van der Waals surface area contributed by atoms with Crippen molar-refractivity contribution in [3.8, 4) is 5.75 Å². The zero-order chi connectivity index (χ0) is 12.1. The van der Waals surface area contributed by atoms with Crippen molar-refractivity contribution in [2.75, 3.05) is 0 Å². The molecule has 0 bridgehead atoms. The SMILES string of the molecule is CC(=O)/C(C=Nc1ccc(O)cc1)=C(\C)O. The summed E-state index contributed by atoms with van der Waals surface area (Å²) in [5.74, 6) is -0.155. The van der Waals surface area contributed by atoms with Crippen molar-refractivity contribution in [3.05, 3.63) is 35.6 Å². The number of Topliss-reactive ketones (excluding diaryl/α,β-unsaturated/α-hetero) is 1. The largest absolute Gasteiger partial charge is 0.512 e. The van der Waals surface area contributed by atoms with Crippen molar-refractivity contribution in [2.45, 2.75) is 13.8 Å². The molecule has 1 rings (SSSR count). The van der Waals surface area contributed by atoms with Gasteiger partial charge in [0, 0.05) is 6.21 Å². The fourth-order valence-electron chi connectivity index (χ4n) is 1.12. The molecule has 0 radical (unpaired) electrons. The van der Waals surface area contributed by atoms with Gasteiger partial charge in [0.05, 0.1) is 11.3 Å². The van der Waals surface area contributed by atoms with Crippen molar-refractivity contribution in [2.24, 2.45) is 4.99 Å². The second kappa shape index (κ2) is 5.11. The van der Waals surface area contributed by atoms with Crippen molar-refractivity contribution in [3.63, 3.8) is 0 Å². The summed E-state index contributed by atoms with van der Waals surface area (Å²) < 4.78 is 0. The highest BCUT2D eigenvalue weighted by Crippen LogP contribution is 2.16. The normalized spacial score (nSPS) is 12.6. The number of aliphatic imine (C=N–C) groups is 1. The number of ketones is 1. The minimum absolute atomic E-state index is 0.0602. The van der Waals surface area contributed by atoms with Crippen LogP contribution in [0.5, 0.6) is 5.75 Å². The van der Waals surface area contributed by atoms with Gasteiger partial charge in [-0.3, -0.25) is 9.79 Å². The number of aliphatic hydroxyl groups excluding tert-OH is 1. The van der Waals surface area contributed by atoms with Crippen molar-refractivity contribution >= 4 is 17.7 Å². The maximum atomic E-state index is 11.1. The zero-order valence-corrected chi connectivity index (χ0v) is 9.14. The van der Waals surface area contributed by atoms with Crippen LogP contribution in [0, 0.1) is 0 Å². The molecule has 4 nitrogen and oxygen atoms in total. The van der Waals surface area contributed by atoms with Crippen LogP contribution in [0.4, 0.5) is 5.69 Å². The molecule has 84 valence electrons. The Bertz CT molecular complexity index is 440. The summed E-state index contributed by atoms with van der Waals surface area (Å²) in [5, 5.41) is 18.3. The van der Waals surface area contributed by atoms with E-state index in [1.807, 2.05) is 0 Å². The van der Waals surface area contributed by atoms with Gasteiger partial charge in [0.2, 0.25) is 0 Å². The van der Waals surface area contributed by atoms with Gasteiger partial charge in [-0.25, -0.2) is 0 Å². The molecule has 0 amide bonds. The molecule has 0 fully saturated rings. The van der Waals surface area contributed by atoms with Gasteiger partial charge in [0.15, 0.2) is 5.78 Å². The standard InChI is InChI=1S/C12H13NO3/c1-8(14)12(9(2)15)7-13-10-3-5-11(16)6-4-10/h3-7,14,16H,1-2H3/b12-8+,13-7?. The quantitative estimate of drug-likeness (QED) is 0.466. The second-order valence-electron chi connectivity index (χ2n) is 3.33. The van der Waals surface area contributed by atoms with E-state index in [0.29, 0.717) is 5.69 Å². The summed E-state index contributed by atoms with van der Waals surface area (Å²) >= 11 is 0. The Hall–Kier alpha value is -2.10. The number of benzene rings is 1. The highest BCUT2D eigenvalue weighted by atomic mass is 16.3. The van der Waals surface area contributed by atoms with Crippen LogP contribution >= 0.6 is 0 Å². The number of aromatic hydroxyl groups is 1. The molecule has 0 atom stereocenters. The predicted octanol–water partition coefficient (Wildman–Crippen LogP) is 2.52. The number of allylic oxidation sites excluding steroid dienone is 2. The van der Waals surface area contributed by atoms with Gasteiger partial charge in [-0.05, 0) is 38.1 Å². The van der Waals surface area contributed by atoms with Crippen molar-refractivity contribution in [1.29, 1.82) is 0 Å². The third-order valence-corrected chi connectivity index (χ3v) is 1.96. The minimum Gasteiger partial charge on any atom is -0.512 e. The van der Waals surface area contributed by atoms with Crippen LogP contribution in [-0.2, 0) is 4.79 Å². The van der Waals surface area contributed by atoms with Crippen LogP contribution in [0.3, 0.4) is 0 Å². The number of carbonyl (C=O) groups excluding carboxylic acids is 1. The third kappa shape index (κ3) is 3.24. The van der Waals surface area contributed by atoms with E-state index in [-0.39, 0.29) is 22.9 Å². The summed E-state index contributed by atoms with van der Waals surface area (Å²) in [6.45, 7) is 2.79. The number of hydrogen-bond donors (Lipinski definition) is 2. The number of hydrogen-bond acceptors (Lipinski definition) is 4. The van der Waals surface area contributed by atoms with E-state index in [4.69, 9.17) is 5.11 Å². The molecule has 0 unspecified atom stereocenters. The molecule has 0 aromatic heterocycles. The summed E-state index contributed by atoms with van der Waals surface area (Å²) in [6, 6.07) is 6.21. The van der Waals surface area contributed by atoms with E-state index in [9.17, 15) is 9.90 Å². The van der Waals surface area contributed by atoms with E-state index < -0.39 is 0 Å². The summed E-state index contributed by atoms with van der Waals surface area (Å²) in [4.78, 5) is 15.1. The molecule has 1 aromatic rings. The topological polar surface area (TPSA) is 69.9 Å². The molecule has 0 saturated carbocycles. The highest BCUT2D eigenvalue weighted by Gasteiger charge is 2.04. The fourth-order valence-corrected chi connectivity index (χ4v) is 1.12. The smallest absolute Gasteiger partial charge is 0.164 e. The van der Waals surface area contributed by atoms with Gasteiger partial charge >= 0.3 is 0 Å². The van der Waals surface area contributed by atoms with Crippen LogP contribution in [0.1, 0.15) is 13.8 Å². The maximum absolute atomic E-state index is 11.1. The Morgan fingerprint density at radius 3 is 2.25 bits per heavy atom. The lowest BCUT2D eigenvalue weighted by Gasteiger charge is -1.98. The van der Waals surface area contributed by atoms with E-state index in [0.717, 1.165) is 0 Å². The zero-order valence-electron chi connectivity index (χ0n) is 9.14. The molecular weight excluding hydrogens is 206 g/mol. The van der Waals surface area contributed by atoms with Crippen LogP contribution in [0.25, 0.3) is 0 Å². The second-order valence-corrected chi connectivity index (χ2v) is 3.33. The Balaban J connectivity index is 2.92. The molecular formula is C12H13NO3. The van der Waals surface area contributed by atoms with Gasteiger partial charge in [-0.1, -0.05) is 0 Å². The van der Waals surface area contributed by atoms with Crippen LogP contribution in [0.15, 0.2) is 40.6 Å². The predicted molar refractivity (Wildman–Crippen MR) is 62.3 cm³/mol. The Morgan fingerprint density at radius 2 is 1.81 bits per heavy atom. The molecule has 0 spiro atoms. The minimum atomic E-state index is -0.248. The fraction of sp³-hybridized carbons (Fsp3) is 0.167. The Morgan fingerprint density at radius 1 is 1.25 bits per heavy atom. The van der Waals surface area contributed by atoms with E-state index in [1.54, 1.807) is 12.1 Å². The molecule has 1 aromatic carbocycles. The van der Waals surface area contributed by atoms with Gasteiger partial charge < -0.3 is 10.2 Å². The number of nitrogens with zero attached hydrogens (tertiary/aromatic N) is 1. The van der Waals surface area contributed by atoms with E-state index >= 15 is 0 Å². The average Bonchev–Trinajstić information content (AvgIpc) is 2.20. The van der Waals surface area contributed by atoms with Gasteiger partial charge in [0.25, 0.3) is 0 Å². The third-order valence-electron chi connectivity index (χ3n) is 1.96. The van der Waals surface area contributed by atoms with Crippen LogP contribution in [0.2, 0.25) is 0 Å². The molecule has 16 heavy (non-hydrogen) atoms. The average molecular weight is 219 g/mol. The number of aliphatic hydroxyl groups is 1. The Kier molecular flexibility index (Phi) is 3.83. The first-order chi connectivity index (χ1) is 7.50. The Labute approximate surface area is 93.6 Å². The number of phenolic OH excluding ortho intramolecular Hbond substituents is 1. The summed E-state index contributed by atoms with van der Waals surface area (Å²) in [7, 11) is 0. The number of carbonyl (C=O) groups is 1. The lowest BCUT2D eigenvalue weighted by Crippen LogP contribution is -2.01. The van der Waals surface area contributed by atoms with Crippen LogP contribution < -0.4 is 0 Å². The number of rotatable bonds is 3. The van der Waals surface area contributed by atoms with Gasteiger partial charge in [-0.15, -0.1) is 0 Å². The molecule has 0 aliphatic carbocycles. The molecule has 2 N–H and O–H groups in total. The van der Waals surface area contributed by atoms with E-state index in [1.165, 1.54) is 32.2 Å². The first-order valence-electron chi connectivity index (χ1n) is 4.74. The molecule has 0 saturated heterocycles. The lowest BCUT2D eigenvalue weighted by atomic mass is 10.2. The lowest BCUT2D eigenvalue weighted by molar-refractivity contribution is -0.113. The summed E-state index contributed by atoms with van der Waals surface area (Å²) in [5.41, 5.74) is 0.769. The first-order valence-corrected chi connectivity index (χ1v) is 4.74. The van der Waals surface area contributed by atoms with Gasteiger partial charge in [-0.2, -0.15) is 0 Å². The maximum Gasteiger partial charge on any atom is 0.164 e. The molecule has 4 heteroatoms.